The fourth-order valence-electron chi connectivity index (χ4n) is 3.37. The molecule has 13 heteroatoms. The van der Waals surface area contributed by atoms with Gasteiger partial charge < -0.3 is 4.74 Å². The molecule has 1 heterocycles. The third-order valence-corrected chi connectivity index (χ3v) is 4.78. The van der Waals surface area contributed by atoms with Gasteiger partial charge in [-0.2, -0.15) is 52.7 Å². The Morgan fingerprint density at radius 2 is 1.20 bits per heavy atom. The number of hydrogen-bond donors (Lipinski definition) is 0. The highest BCUT2D eigenvalue weighted by Crippen LogP contribution is 2.70. The van der Waals surface area contributed by atoms with Crippen LogP contribution in [-0.4, -0.2) is 35.9 Å². The van der Waals surface area contributed by atoms with E-state index in [2.05, 4.69) is 4.74 Å². The van der Waals surface area contributed by atoms with E-state index in [-0.39, 0.29) is 12.2 Å². The van der Waals surface area contributed by atoms with Crippen LogP contribution in [0.15, 0.2) is 12.2 Å². The predicted molar refractivity (Wildman–Crippen MR) is 56.1 cm³/mol. The highest BCUT2D eigenvalue weighted by Gasteiger charge is 2.88. The van der Waals surface area contributed by atoms with E-state index in [0.717, 1.165) is 0 Å². The van der Waals surface area contributed by atoms with Crippen molar-refractivity contribution in [3.8, 4) is 0 Å². The highest BCUT2D eigenvalue weighted by molar-refractivity contribution is 5.31. The van der Waals surface area contributed by atoms with Crippen LogP contribution in [-0.2, 0) is 4.74 Å². The predicted octanol–water partition coefficient (Wildman–Crippen LogP) is 5.33. The van der Waals surface area contributed by atoms with Crippen molar-refractivity contribution < 1.29 is 57.4 Å². The van der Waals surface area contributed by atoms with Crippen LogP contribution in [0.1, 0.15) is 13.3 Å². The molecule has 2 rings (SSSR count). The second-order valence-corrected chi connectivity index (χ2v) is 6.00. The molecule has 146 valence electrons. The molecule has 0 aromatic rings. The van der Waals surface area contributed by atoms with Gasteiger partial charge in [0.05, 0.1) is 0 Å². The summed E-state index contributed by atoms with van der Waals surface area (Å²) in [6.07, 6.45) is -27.4. The zero-order chi connectivity index (χ0) is 19.9. The van der Waals surface area contributed by atoms with E-state index >= 15 is 0 Å². The first-order chi connectivity index (χ1) is 10.8. The number of ether oxygens (including phenoxy) is 1. The van der Waals surface area contributed by atoms with Crippen LogP contribution in [0.4, 0.5) is 52.7 Å². The summed E-state index contributed by atoms with van der Waals surface area (Å²) in [6.45, 7) is -0.446. The Balaban J connectivity index is 2.83. The average Bonchev–Trinajstić information content (AvgIpc) is 2.72. The van der Waals surface area contributed by atoms with Crippen LogP contribution >= 0.6 is 0 Å². The molecular weight excluding hydrogens is 388 g/mol. The monoisotopic (exact) mass is 396 g/mol. The molecule has 0 aromatic carbocycles. The molecule has 1 fully saturated rings. The molecule has 3 atom stereocenters. The van der Waals surface area contributed by atoms with Crippen molar-refractivity contribution in [1.82, 2.24) is 0 Å². The Morgan fingerprint density at radius 3 is 1.52 bits per heavy atom. The fraction of sp³-hybridized carbons (Fsp3) is 0.833. The highest BCUT2D eigenvalue weighted by atomic mass is 19.4. The van der Waals surface area contributed by atoms with Crippen LogP contribution < -0.4 is 0 Å². The Hall–Kier alpha value is -1.14. The molecule has 0 spiro atoms. The summed E-state index contributed by atoms with van der Waals surface area (Å²) in [4.78, 5) is 0. The van der Waals surface area contributed by atoms with Crippen molar-refractivity contribution in [1.29, 1.82) is 0 Å². The number of alkyl halides is 12. The summed E-state index contributed by atoms with van der Waals surface area (Å²) >= 11 is 0. The van der Waals surface area contributed by atoms with E-state index in [1.807, 2.05) is 0 Å². The molecule has 1 nitrogen and oxygen atoms in total. The maximum atomic E-state index is 13.3. The second-order valence-electron chi connectivity index (χ2n) is 6.00. The topological polar surface area (TPSA) is 9.23 Å². The average molecular weight is 396 g/mol. The summed E-state index contributed by atoms with van der Waals surface area (Å²) in [5, 5.41) is 0. The summed E-state index contributed by atoms with van der Waals surface area (Å²) in [6, 6.07) is 0. The van der Waals surface area contributed by atoms with Crippen LogP contribution in [0, 0.1) is 11.3 Å². The molecule has 0 saturated carbocycles. The number of halogens is 12. The van der Waals surface area contributed by atoms with E-state index in [0.29, 0.717) is 0 Å². The lowest BCUT2D eigenvalue weighted by atomic mass is 9.64. The van der Waals surface area contributed by atoms with Crippen molar-refractivity contribution in [3.05, 3.63) is 12.2 Å². The molecule has 0 radical (unpaired) electrons. The first-order valence-corrected chi connectivity index (χ1v) is 6.43. The molecular formula is C12H8F12O. The van der Waals surface area contributed by atoms with Gasteiger partial charge in [-0.1, -0.05) is 12.2 Å². The van der Waals surface area contributed by atoms with E-state index in [1.54, 1.807) is 0 Å². The first-order valence-electron chi connectivity index (χ1n) is 6.43. The van der Waals surface area contributed by atoms with Crippen molar-refractivity contribution in [2.24, 2.45) is 11.3 Å². The van der Waals surface area contributed by atoms with Crippen LogP contribution in [0.25, 0.3) is 0 Å². The zero-order valence-corrected chi connectivity index (χ0v) is 11.9. The van der Waals surface area contributed by atoms with Gasteiger partial charge in [0.15, 0.2) is 5.60 Å². The zero-order valence-electron chi connectivity index (χ0n) is 11.9. The summed E-state index contributed by atoms with van der Waals surface area (Å²) in [7, 11) is 0. The van der Waals surface area contributed by atoms with Gasteiger partial charge >= 0.3 is 24.7 Å². The standard InChI is InChI=1S/C12H8F12O/c1-6(9(13,14)15)7(10(16,17)18)3-2-5(4-7)8(25-6,11(19,20)21)12(22,23)24/h2-3,5H,4H2,1H3. The third kappa shape index (κ3) is 2.23. The van der Waals surface area contributed by atoms with Gasteiger partial charge in [-0.3, -0.25) is 0 Å². The van der Waals surface area contributed by atoms with E-state index < -0.39 is 60.6 Å². The van der Waals surface area contributed by atoms with Crippen molar-refractivity contribution in [2.45, 2.75) is 49.3 Å². The number of fused-ring (bicyclic) bond motifs is 2. The first kappa shape index (κ1) is 20.2. The fourth-order valence-corrected chi connectivity index (χ4v) is 3.37. The third-order valence-electron chi connectivity index (χ3n) is 4.78. The quantitative estimate of drug-likeness (QED) is 0.398. The molecule has 2 aliphatic rings. The summed E-state index contributed by atoms with van der Waals surface area (Å²) in [5.74, 6) is -3.01. The lowest BCUT2D eigenvalue weighted by Gasteiger charge is -2.56. The van der Waals surface area contributed by atoms with Crippen LogP contribution in [0.2, 0.25) is 0 Å². The molecule has 2 bridgehead atoms. The van der Waals surface area contributed by atoms with Gasteiger partial charge in [-0.05, 0) is 13.3 Å². The van der Waals surface area contributed by atoms with E-state index in [9.17, 15) is 52.7 Å². The van der Waals surface area contributed by atoms with Gasteiger partial charge in [0.1, 0.15) is 5.41 Å². The Kier molecular flexibility index (Phi) is 3.85. The minimum Gasteiger partial charge on any atom is -0.340 e. The largest absolute Gasteiger partial charge is 0.427 e. The van der Waals surface area contributed by atoms with Crippen LogP contribution in [0.3, 0.4) is 0 Å². The molecule has 1 saturated heterocycles. The van der Waals surface area contributed by atoms with Crippen LogP contribution in [0.5, 0.6) is 0 Å². The van der Waals surface area contributed by atoms with Crippen molar-refractivity contribution >= 4 is 0 Å². The number of hydrogen-bond acceptors (Lipinski definition) is 1. The summed E-state index contributed by atoms with van der Waals surface area (Å²) in [5.41, 5.74) is -14.3. The second kappa shape index (κ2) is 4.77. The van der Waals surface area contributed by atoms with Crippen molar-refractivity contribution in [2.75, 3.05) is 0 Å². The molecule has 3 unspecified atom stereocenters. The van der Waals surface area contributed by atoms with Gasteiger partial charge in [-0.25, -0.2) is 0 Å². The lowest BCUT2D eigenvalue weighted by molar-refractivity contribution is -0.480. The van der Waals surface area contributed by atoms with Crippen molar-refractivity contribution in [3.63, 3.8) is 0 Å². The van der Waals surface area contributed by atoms with Gasteiger partial charge in [0.25, 0.3) is 5.60 Å². The molecule has 0 N–H and O–H groups in total. The molecule has 25 heavy (non-hydrogen) atoms. The smallest absolute Gasteiger partial charge is 0.340 e. The Labute approximate surface area is 131 Å². The van der Waals surface area contributed by atoms with Gasteiger partial charge in [0.2, 0.25) is 0 Å². The minimum absolute atomic E-state index is 0.147. The van der Waals surface area contributed by atoms with E-state index in [1.165, 1.54) is 0 Å². The summed E-state index contributed by atoms with van der Waals surface area (Å²) < 4.78 is 162. The Morgan fingerprint density at radius 1 is 0.760 bits per heavy atom. The maximum Gasteiger partial charge on any atom is 0.427 e. The normalized spacial score (nSPS) is 36.0. The molecule has 0 aromatic heterocycles. The lowest BCUT2D eigenvalue weighted by Crippen LogP contribution is -2.75. The van der Waals surface area contributed by atoms with E-state index in [4.69, 9.17) is 0 Å². The molecule has 0 amide bonds. The maximum absolute atomic E-state index is 13.3. The SMILES string of the molecule is CC1(C(F)(F)F)OC(C(F)(F)F)(C(F)(F)F)C2C=CC1(C(F)(F)F)C2. The Bertz CT molecular complexity index is 565. The number of rotatable bonds is 0. The molecule has 1 aliphatic heterocycles. The minimum atomic E-state index is -6.44. The van der Waals surface area contributed by atoms with Gasteiger partial charge in [-0.15, -0.1) is 0 Å². The van der Waals surface area contributed by atoms with Gasteiger partial charge in [0, 0.05) is 5.92 Å². The molecule has 1 aliphatic carbocycles.